The molecule has 2 aliphatic rings. The second-order valence-electron chi connectivity index (χ2n) is 9.83. The van der Waals surface area contributed by atoms with Crippen molar-refractivity contribution in [2.45, 2.75) is 38.1 Å². The van der Waals surface area contributed by atoms with Crippen LogP contribution in [-0.2, 0) is 24.6 Å². The number of carbonyl (C=O) groups is 1. The van der Waals surface area contributed by atoms with Crippen LogP contribution < -0.4 is 14.5 Å². The molecule has 1 aliphatic heterocycles. The van der Waals surface area contributed by atoms with Crippen LogP contribution in [0.4, 0.5) is 33.5 Å². The predicted octanol–water partition coefficient (Wildman–Crippen LogP) is 4.81. The third kappa shape index (κ3) is 5.21. The number of likely N-dealkylation sites (N-methyl/N-ethyl adjacent to an activating group) is 1. The number of hydrogen-bond acceptors (Lipinski definition) is 8. The lowest BCUT2D eigenvalue weighted by Crippen LogP contribution is -2.44. The zero-order chi connectivity index (χ0) is 32.3. The highest BCUT2D eigenvalue weighted by molar-refractivity contribution is 6.02. The van der Waals surface area contributed by atoms with Gasteiger partial charge in [0.25, 0.3) is 0 Å². The number of ether oxygens (including phenoxy) is 1. The van der Waals surface area contributed by atoms with Gasteiger partial charge in [-0.05, 0) is 18.4 Å². The van der Waals surface area contributed by atoms with Crippen molar-refractivity contribution in [1.82, 2.24) is 29.5 Å². The summed E-state index contributed by atoms with van der Waals surface area (Å²) in [6.07, 6.45) is 0.0207. The van der Waals surface area contributed by atoms with Crippen LogP contribution in [0.25, 0.3) is 22.8 Å². The van der Waals surface area contributed by atoms with Crippen molar-refractivity contribution in [2.24, 2.45) is 7.05 Å². The Hall–Kier alpha value is -4.69. The number of anilines is 2. The molecule has 0 unspecified atom stereocenters. The third-order valence-corrected chi connectivity index (χ3v) is 6.85. The Labute approximate surface area is 240 Å². The Morgan fingerprint density at radius 2 is 1.88 bits per heavy atom. The summed E-state index contributed by atoms with van der Waals surface area (Å²) in [5.74, 6) is -1.21. The average molecular weight is 590 g/mol. The van der Waals surface area contributed by atoms with E-state index in [-0.39, 0.29) is 41.2 Å². The summed E-state index contributed by atoms with van der Waals surface area (Å²) in [5, 5.41) is 0. The van der Waals surface area contributed by atoms with E-state index in [4.69, 9.17) is 4.11 Å². The van der Waals surface area contributed by atoms with Gasteiger partial charge in [-0.3, -0.25) is 4.79 Å². The summed E-state index contributed by atoms with van der Waals surface area (Å²) in [5.41, 5.74) is 0.309. The minimum absolute atomic E-state index is 0.0276. The minimum Gasteiger partial charge on any atom is -0.416 e. The van der Waals surface area contributed by atoms with Crippen molar-refractivity contribution >= 4 is 17.4 Å². The number of rotatable bonds is 7. The highest BCUT2D eigenvalue weighted by atomic mass is 19.4. The largest absolute Gasteiger partial charge is 0.434 e. The highest BCUT2D eigenvalue weighted by Crippen LogP contribution is 2.46. The molecule has 3 aromatic heterocycles. The summed E-state index contributed by atoms with van der Waals surface area (Å²) < 4.78 is 95.7. The Balaban J connectivity index is 1.38. The maximum atomic E-state index is 13.3. The van der Waals surface area contributed by atoms with Crippen molar-refractivity contribution in [3.8, 4) is 28.7 Å². The molecule has 4 aromatic rings. The first-order valence-corrected chi connectivity index (χ1v) is 12.7. The molecule has 0 spiro atoms. The molecule has 1 amide bonds. The molecule has 42 heavy (non-hydrogen) atoms. The summed E-state index contributed by atoms with van der Waals surface area (Å²) in [6.45, 7) is -6.45. The lowest BCUT2D eigenvalue weighted by atomic mass is 10.1. The van der Waals surface area contributed by atoms with Crippen LogP contribution in [0, 0.1) is 0 Å². The van der Waals surface area contributed by atoms with Gasteiger partial charge in [0, 0.05) is 42.4 Å². The fraction of sp³-hybridized carbons (Fsp3) is 0.333. The molecule has 10 nitrogen and oxygen atoms in total. The molecule has 1 fully saturated rings. The molecular weight excluding hydrogens is 563 g/mol. The number of nitrogens with zero attached hydrogens (tertiary/aromatic N) is 8. The van der Waals surface area contributed by atoms with E-state index in [0.717, 1.165) is 31.6 Å². The zero-order valence-electron chi connectivity index (χ0n) is 24.8. The van der Waals surface area contributed by atoms with E-state index in [2.05, 4.69) is 29.7 Å². The summed E-state index contributed by atoms with van der Waals surface area (Å²) in [6, 6.07) is 6.40. The molecule has 0 saturated heterocycles. The van der Waals surface area contributed by atoms with Gasteiger partial charge < -0.3 is 19.1 Å². The number of amides is 1. The fourth-order valence-corrected chi connectivity index (χ4v) is 4.73. The van der Waals surface area contributed by atoms with Crippen LogP contribution in [0.1, 0.15) is 39.8 Å². The minimum atomic E-state index is -4.61. The molecule has 1 saturated carbocycles. The maximum Gasteiger partial charge on any atom is 0.434 e. The Morgan fingerprint density at radius 3 is 2.52 bits per heavy atom. The summed E-state index contributed by atoms with van der Waals surface area (Å²) in [4.78, 5) is 35.8. The van der Waals surface area contributed by atoms with Crippen molar-refractivity contribution in [1.29, 1.82) is 0 Å². The topological polar surface area (TPSA) is 102 Å². The number of aryl methyl sites for hydroxylation is 1. The van der Waals surface area contributed by atoms with E-state index in [1.807, 2.05) is 0 Å². The van der Waals surface area contributed by atoms with Gasteiger partial charge in [0.05, 0.1) is 18.4 Å². The van der Waals surface area contributed by atoms with E-state index >= 15 is 0 Å². The van der Waals surface area contributed by atoms with Gasteiger partial charge >= 0.3 is 12.8 Å². The molecule has 15 heteroatoms. The van der Waals surface area contributed by atoms with Gasteiger partial charge in [-0.15, -0.1) is 0 Å². The average Bonchev–Trinajstić information content (AvgIpc) is 3.72. The van der Waals surface area contributed by atoms with E-state index in [1.165, 1.54) is 16.5 Å². The highest BCUT2D eigenvalue weighted by Gasteiger charge is 2.36. The predicted molar refractivity (Wildman–Crippen MR) is 140 cm³/mol. The lowest BCUT2D eigenvalue weighted by molar-refractivity contribution is -0.140. The van der Waals surface area contributed by atoms with Crippen molar-refractivity contribution < 1.29 is 35.6 Å². The molecule has 0 N–H and O–H groups in total. The number of hydrogen-bond donors (Lipinski definition) is 0. The second-order valence-corrected chi connectivity index (χ2v) is 9.83. The Kier molecular flexibility index (Phi) is 5.87. The number of alkyl halides is 5. The number of fused-ring (bicyclic) bond motifs is 1. The number of benzene rings is 1. The Morgan fingerprint density at radius 1 is 1.12 bits per heavy atom. The van der Waals surface area contributed by atoms with Gasteiger partial charge in [0.15, 0.2) is 17.3 Å². The SMILES string of the molecule is [2H]C([2H])([2H])N1C(=O)CN(Cc2ccc(-c3nc(C(F)(F)F)cn3C)cc2)c2nc(-c3c(OC(F)F)ncnc3C3CC3)ncc21. The molecule has 0 radical (unpaired) electrons. The van der Waals surface area contributed by atoms with Crippen LogP contribution in [0.15, 0.2) is 43.0 Å². The van der Waals surface area contributed by atoms with Crippen LogP contribution in [0.2, 0.25) is 0 Å². The molecule has 4 heterocycles. The molecule has 0 atom stereocenters. The van der Waals surface area contributed by atoms with Crippen LogP contribution in [-0.4, -0.2) is 55.5 Å². The van der Waals surface area contributed by atoms with E-state index in [1.54, 1.807) is 24.3 Å². The molecule has 0 bridgehead atoms. The van der Waals surface area contributed by atoms with Crippen LogP contribution in [0.3, 0.4) is 0 Å². The fourth-order valence-electron chi connectivity index (χ4n) is 4.73. The normalized spacial score (nSPS) is 16.7. The van der Waals surface area contributed by atoms with E-state index < -0.39 is 43.8 Å². The third-order valence-electron chi connectivity index (χ3n) is 6.85. The van der Waals surface area contributed by atoms with Crippen molar-refractivity contribution in [3.63, 3.8) is 0 Å². The number of carbonyl (C=O) groups excluding carboxylic acids is 1. The number of aromatic nitrogens is 6. The summed E-state index contributed by atoms with van der Waals surface area (Å²) >= 11 is 0. The first-order valence-electron chi connectivity index (χ1n) is 14.2. The summed E-state index contributed by atoms with van der Waals surface area (Å²) in [7, 11) is 1.44. The van der Waals surface area contributed by atoms with Crippen molar-refractivity contribution in [3.05, 3.63) is 59.9 Å². The van der Waals surface area contributed by atoms with Gasteiger partial charge in [-0.25, -0.2) is 24.9 Å². The van der Waals surface area contributed by atoms with Gasteiger partial charge in [-0.2, -0.15) is 22.0 Å². The zero-order valence-corrected chi connectivity index (χ0v) is 21.8. The maximum absolute atomic E-state index is 13.3. The smallest absolute Gasteiger partial charge is 0.416 e. The number of imidazole rings is 1. The van der Waals surface area contributed by atoms with Gasteiger partial charge in [0.2, 0.25) is 11.8 Å². The molecule has 6 rings (SSSR count). The van der Waals surface area contributed by atoms with Crippen LogP contribution >= 0.6 is 0 Å². The molecule has 1 aromatic carbocycles. The Bertz CT molecular complexity index is 1760. The van der Waals surface area contributed by atoms with Crippen LogP contribution in [0.5, 0.6) is 5.88 Å². The molecule has 1 aliphatic carbocycles. The quantitative estimate of drug-likeness (QED) is 0.283. The van der Waals surface area contributed by atoms with E-state index in [9.17, 15) is 26.7 Å². The monoisotopic (exact) mass is 589 g/mol. The second kappa shape index (κ2) is 10.3. The standard InChI is InChI=1S/C27H23F5N8O2/c1-38-11-18(27(30,31)32)36-23(38)16-5-3-14(4-6-16)10-40-12-19(41)39(2)17-9-33-22(37-24(17)40)20-21(15-7-8-15)34-13-35-25(20)42-26(28)29/h3-6,9,11,13,15,26H,7-8,10,12H2,1-2H3/i2D3. The molecule has 218 valence electrons. The first kappa shape index (κ1) is 24.0. The number of halogens is 5. The van der Waals surface area contributed by atoms with Crippen molar-refractivity contribution in [2.75, 3.05) is 23.3 Å². The van der Waals surface area contributed by atoms with Gasteiger partial charge in [-0.1, -0.05) is 24.3 Å². The lowest BCUT2D eigenvalue weighted by Gasteiger charge is -2.34. The van der Waals surface area contributed by atoms with Gasteiger partial charge in [0.1, 0.15) is 23.4 Å². The first-order chi connectivity index (χ1) is 21.2. The van der Waals surface area contributed by atoms with E-state index in [0.29, 0.717) is 21.7 Å². The molecular formula is C27H23F5N8O2.